The normalized spacial score (nSPS) is 10.1. The third kappa shape index (κ3) is 5.25. The number of hydrogen-bond acceptors (Lipinski definition) is 6. The van der Waals surface area contributed by atoms with Gasteiger partial charge in [0.05, 0.1) is 29.3 Å². The van der Waals surface area contributed by atoms with Crippen LogP contribution < -0.4 is 5.32 Å². The second-order valence-electron chi connectivity index (χ2n) is 6.09. The predicted octanol–water partition coefficient (Wildman–Crippen LogP) is 3.86. The van der Waals surface area contributed by atoms with Gasteiger partial charge in [0, 0.05) is 11.1 Å². The Morgan fingerprint density at radius 3 is 2.75 bits per heavy atom. The molecule has 0 saturated heterocycles. The van der Waals surface area contributed by atoms with Gasteiger partial charge in [0.15, 0.2) is 0 Å². The van der Waals surface area contributed by atoms with E-state index in [0.717, 1.165) is 11.3 Å². The van der Waals surface area contributed by atoms with E-state index in [1.165, 1.54) is 17.4 Å². The van der Waals surface area contributed by atoms with Crippen molar-refractivity contribution >= 4 is 28.9 Å². The first-order chi connectivity index (χ1) is 13.5. The number of nitriles is 1. The number of carbonyl (C=O) groups is 2. The molecule has 0 saturated carbocycles. The highest BCUT2D eigenvalue weighted by Gasteiger charge is 2.12. The smallest absolute Gasteiger partial charge is 0.338 e. The van der Waals surface area contributed by atoms with Crippen LogP contribution in [0.1, 0.15) is 32.2 Å². The molecule has 3 rings (SSSR count). The fourth-order valence-electron chi connectivity index (χ4n) is 2.41. The third-order valence-corrected chi connectivity index (χ3v) is 4.72. The minimum Gasteiger partial charge on any atom is -0.456 e. The summed E-state index contributed by atoms with van der Waals surface area (Å²) < 4.78 is 5.23. The molecule has 7 heteroatoms. The third-order valence-electron chi connectivity index (χ3n) is 3.82. The van der Waals surface area contributed by atoms with E-state index < -0.39 is 5.97 Å². The first kappa shape index (κ1) is 19.3. The zero-order chi connectivity index (χ0) is 19.9. The van der Waals surface area contributed by atoms with Gasteiger partial charge in [-0.25, -0.2) is 9.78 Å². The molecule has 0 aliphatic rings. The molecule has 2 aromatic carbocycles. The molecule has 1 amide bonds. The minimum atomic E-state index is -0.524. The van der Waals surface area contributed by atoms with Gasteiger partial charge in [-0.1, -0.05) is 23.8 Å². The lowest BCUT2D eigenvalue weighted by molar-refractivity contribution is -0.115. The second-order valence-corrected chi connectivity index (χ2v) is 7.03. The monoisotopic (exact) mass is 391 g/mol. The van der Waals surface area contributed by atoms with Crippen LogP contribution in [-0.4, -0.2) is 16.9 Å². The molecular weight excluding hydrogens is 374 g/mol. The molecule has 140 valence electrons. The molecule has 0 aliphatic heterocycles. The van der Waals surface area contributed by atoms with Crippen LogP contribution in [0.25, 0.3) is 0 Å². The van der Waals surface area contributed by atoms with Crippen molar-refractivity contribution < 1.29 is 14.3 Å². The SMILES string of the molecule is Cc1ccc(NC(=O)Cc2nc(COC(=O)c3cccc(C#N)c3)cs2)cc1. The molecule has 0 unspecified atom stereocenters. The van der Waals surface area contributed by atoms with Crippen molar-refractivity contribution in [1.29, 1.82) is 5.26 Å². The molecule has 0 aliphatic carbocycles. The number of nitrogens with one attached hydrogen (secondary N) is 1. The number of aryl methyl sites for hydroxylation is 1. The van der Waals surface area contributed by atoms with Gasteiger partial charge >= 0.3 is 5.97 Å². The number of aromatic nitrogens is 1. The largest absolute Gasteiger partial charge is 0.456 e. The lowest BCUT2D eigenvalue weighted by Gasteiger charge is -2.04. The lowest BCUT2D eigenvalue weighted by Crippen LogP contribution is -2.14. The Kier molecular flexibility index (Phi) is 6.14. The van der Waals surface area contributed by atoms with Crippen LogP contribution in [0.2, 0.25) is 0 Å². The molecule has 3 aromatic rings. The number of hydrogen-bond donors (Lipinski definition) is 1. The van der Waals surface area contributed by atoms with Crippen LogP contribution in [0.15, 0.2) is 53.9 Å². The average molecular weight is 391 g/mol. The summed E-state index contributed by atoms with van der Waals surface area (Å²) >= 11 is 1.34. The predicted molar refractivity (Wildman–Crippen MR) is 106 cm³/mol. The molecule has 28 heavy (non-hydrogen) atoms. The number of thiazole rings is 1. The topological polar surface area (TPSA) is 92.1 Å². The highest BCUT2D eigenvalue weighted by Crippen LogP contribution is 2.15. The molecule has 1 N–H and O–H groups in total. The number of rotatable bonds is 6. The highest BCUT2D eigenvalue weighted by atomic mass is 32.1. The second kappa shape index (κ2) is 8.93. The fourth-order valence-corrected chi connectivity index (χ4v) is 3.19. The summed E-state index contributed by atoms with van der Waals surface area (Å²) in [4.78, 5) is 28.5. The van der Waals surface area contributed by atoms with Gasteiger partial charge in [-0.3, -0.25) is 4.79 Å². The zero-order valence-corrected chi connectivity index (χ0v) is 16.0. The fraction of sp³-hybridized carbons (Fsp3) is 0.143. The molecule has 1 aromatic heterocycles. The molecule has 0 atom stereocenters. The van der Waals surface area contributed by atoms with Gasteiger partial charge in [0.25, 0.3) is 0 Å². The summed E-state index contributed by atoms with van der Waals surface area (Å²) in [5.74, 6) is -0.682. The van der Waals surface area contributed by atoms with E-state index in [1.807, 2.05) is 37.3 Å². The van der Waals surface area contributed by atoms with Crippen molar-refractivity contribution in [2.75, 3.05) is 5.32 Å². The molecule has 6 nitrogen and oxygen atoms in total. The quantitative estimate of drug-likeness (QED) is 0.644. The maximum absolute atomic E-state index is 12.1. The van der Waals surface area contributed by atoms with Crippen LogP contribution >= 0.6 is 11.3 Å². The van der Waals surface area contributed by atoms with Gasteiger partial charge < -0.3 is 10.1 Å². The van der Waals surface area contributed by atoms with Crippen LogP contribution in [0.3, 0.4) is 0 Å². The maximum atomic E-state index is 12.1. The van der Waals surface area contributed by atoms with Crippen molar-refractivity contribution in [3.8, 4) is 6.07 Å². The minimum absolute atomic E-state index is 0.00565. The van der Waals surface area contributed by atoms with E-state index in [9.17, 15) is 9.59 Å². The Hall–Kier alpha value is -3.50. The van der Waals surface area contributed by atoms with Crippen LogP contribution in [-0.2, 0) is 22.6 Å². The van der Waals surface area contributed by atoms with Gasteiger partial charge in [-0.15, -0.1) is 11.3 Å². The number of esters is 1. The first-order valence-corrected chi connectivity index (χ1v) is 9.38. The van der Waals surface area contributed by atoms with E-state index in [-0.39, 0.29) is 18.9 Å². The Morgan fingerprint density at radius 2 is 2.00 bits per heavy atom. The average Bonchev–Trinajstić information content (AvgIpc) is 3.15. The Labute approximate surface area is 166 Å². The summed E-state index contributed by atoms with van der Waals surface area (Å²) in [5, 5.41) is 14.1. The molecule has 0 bridgehead atoms. The van der Waals surface area contributed by atoms with Crippen molar-refractivity contribution in [3.63, 3.8) is 0 Å². The van der Waals surface area contributed by atoms with Crippen molar-refractivity contribution in [2.45, 2.75) is 20.0 Å². The summed E-state index contributed by atoms with van der Waals surface area (Å²) in [6.45, 7) is 1.99. The molecule has 1 heterocycles. The first-order valence-electron chi connectivity index (χ1n) is 8.50. The summed E-state index contributed by atoms with van der Waals surface area (Å²) in [6, 6.07) is 15.8. The Morgan fingerprint density at radius 1 is 1.21 bits per heavy atom. The number of anilines is 1. The standard InChI is InChI=1S/C21H17N3O3S/c1-14-5-7-17(8-6-14)23-19(25)10-20-24-18(13-28-20)12-27-21(26)16-4-2-3-15(9-16)11-22/h2-9,13H,10,12H2,1H3,(H,23,25). The number of ether oxygens (including phenoxy) is 1. The van der Waals surface area contributed by atoms with Crippen LogP contribution in [0, 0.1) is 18.3 Å². The number of nitrogens with zero attached hydrogens (tertiary/aromatic N) is 2. The van der Waals surface area contributed by atoms with Crippen LogP contribution in [0.5, 0.6) is 0 Å². The van der Waals surface area contributed by atoms with Crippen LogP contribution in [0.4, 0.5) is 5.69 Å². The van der Waals surface area contributed by atoms with E-state index in [1.54, 1.807) is 23.6 Å². The number of amides is 1. The van der Waals surface area contributed by atoms with Crippen molar-refractivity contribution in [2.24, 2.45) is 0 Å². The molecule has 0 fully saturated rings. The Bertz CT molecular complexity index is 1040. The summed E-state index contributed by atoms with van der Waals surface area (Å²) in [5.41, 5.74) is 3.14. The molecular formula is C21H17N3O3S. The summed E-state index contributed by atoms with van der Waals surface area (Å²) in [6.07, 6.45) is 0.150. The molecule has 0 radical (unpaired) electrons. The van der Waals surface area contributed by atoms with Gasteiger partial charge in [0.1, 0.15) is 11.6 Å². The highest BCUT2D eigenvalue weighted by molar-refractivity contribution is 7.09. The van der Waals surface area contributed by atoms with E-state index in [0.29, 0.717) is 21.8 Å². The van der Waals surface area contributed by atoms with Gasteiger partial charge in [0.2, 0.25) is 5.91 Å². The molecule has 0 spiro atoms. The Balaban J connectivity index is 1.52. The van der Waals surface area contributed by atoms with E-state index >= 15 is 0 Å². The zero-order valence-electron chi connectivity index (χ0n) is 15.1. The number of carbonyl (C=O) groups excluding carboxylic acids is 2. The maximum Gasteiger partial charge on any atom is 0.338 e. The van der Waals surface area contributed by atoms with Gasteiger partial charge in [-0.05, 0) is 37.3 Å². The van der Waals surface area contributed by atoms with E-state index in [2.05, 4.69) is 10.3 Å². The lowest BCUT2D eigenvalue weighted by atomic mass is 10.1. The number of benzene rings is 2. The summed E-state index contributed by atoms with van der Waals surface area (Å²) in [7, 11) is 0. The van der Waals surface area contributed by atoms with Crippen molar-refractivity contribution in [1.82, 2.24) is 4.98 Å². The van der Waals surface area contributed by atoms with Crippen molar-refractivity contribution in [3.05, 3.63) is 81.3 Å². The van der Waals surface area contributed by atoms with E-state index in [4.69, 9.17) is 10.00 Å². The van der Waals surface area contributed by atoms with Gasteiger partial charge in [-0.2, -0.15) is 5.26 Å².